The molecule has 0 saturated heterocycles. The molecular formula is C27H24F3NO5S. The number of aryl methyl sites for hydroxylation is 1. The fraction of sp³-hybridized carbons (Fsp3) is 0.222. The molecule has 0 amide bonds. The number of aromatic nitrogens is 1. The van der Waals surface area contributed by atoms with Crippen molar-refractivity contribution < 1.29 is 35.6 Å². The highest BCUT2D eigenvalue weighted by molar-refractivity contribution is 7.86. The molecule has 4 rings (SSSR count). The summed E-state index contributed by atoms with van der Waals surface area (Å²) >= 11 is 0. The van der Waals surface area contributed by atoms with Crippen LogP contribution in [0.5, 0.6) is 17.2 Å². The molecule has 194 valence electrons. The summed E-state index contributed by atoms with van der Waals surface area (Å²) in [4.78, 5) is 4.04. The highest BCUT2D eigenvalue weighted by Gasteiger charge is 2.32. The summed E-state index contributed by atoms with van der Waals surface area (Å²) in [6, 6.07) is 12.0. The van der Waals surface area contributed by atoms with Gasteiger partial charge in [0.25, 0.3) is 10.1 Å². The summed E-state index contributed by atoms with van der Waals surface area (Å²) < 4.78 is 83.4. The van der Waals surface area contributed by atoms with Gasteiger partial charge in [-0.15, -0.1) is 13.2 Å². The minimum absolute atomic E-state index is 0.0557. The Balaban J connectivity index is 2.02. The van der Waals surface area contributed by atoms with Crippen LogP contribution < -0.4 is 9.47 Å². The maximum atomic E-state index is 12.7. The molecule has 0 spiro atoms. The molecule has 3 aromatic carbocycles. The fourth-order valence-corrected chi connectivity index (χ4v) is 5.42. The quantitative estimate of drug-likeness (QED) is 0.262. The first kappa shape index (κ1) is 26.4. The first-order chi connectivity index (χ1) is 17.3. The molecule has 1 heterocycles. The molecule has 0 aliphatic carbocycles. The van der Waals surface area contributed by atoms with Crippen LogP contribution in [0.1, 0.15) is 29.2 Å². The molecule has 0 aliphatic rings. The third kappa shape index (κ3) is 5.40. The van der Waals surface area contributed by atoms with Gasteiger partial charge < -0.3 is 9.47 Å². The number of hydrogen-bond acceptors (Lipinski definition) is 5. The summed E-state index contributed by atoms with van der Waals surface area (Å²) in [6.07, 6.45) is -2.98. The fourth-order valence-electron chi connectivity index (χ4n) is 4.43. The molecule has 4 aromatic rings. The standard InChI is InChI=1S/C27H24F3NO5S/c1-5-20-16(3)17(4)24(22-12-13-31-23-14-15(2)6-11-21(22)23)25(26(20)37(32,33)34)35-18-7-9-19(10-8-18)36-27(28,29)30/h6-14H,5H2,1-4H3,(H,32,33,34). The Morgan fingerprint density at radius 1 is 0.946 bits per heavy atom. The van der Waals surface area contributed by atoms with E-state index in [9.17, 15) is 26.1 Å². The van der Waals surface area contributed by atoms with Crippen LogP contribution in [0, 0.1) is 20.8 Å². The van der Waals surface area contributed by atoms with Crippen molar-refractivity contribution in [1.82, 2.24) is 4.98 Å². The highest BCUT2D eigenvalue weighted by Crippen LogP contribution is 2.46. The number of ether oxygens (including phenoxy) is 2. The largest absolute Gasteiger partial charge is 0.573 e. The topological polar surface area (TPSA) is 85.7 Å². The zero-order valence-electron chi connectivity index (χ0n) is 20.5. The van der Waals surface area contributed by atoms with Gasteiger partial charge in [0.1, 0.15) is 16.4 Å². The minimum atomic E-state index is -4.86. The number of rotatable bonds is 6. The Morgan fingerprint density at radius 3 is 2.19 bits per heavy atom. The molecule has 0 radical (unpaired) electrons. The Kier molecular flexibility index (Phi) is 6.91. The third-order valence-corrected chi connectivity index (χ3v) is 7.10. The molecule has 0 unspecified atom stereocenters. The van der Waals surface area contributed by atoms with Crippen molar-refractivity contribution in [2.75, 3.05) is 0 Å². The van der Waals surface area contributed by atoms with Crippen LogP contribution in [0.3, 0.4) is 0 Å². The summed E-state index contributed by atoms with van der Waals surface area (Å²) in [5, 5.41) is 0.736. The summed E-state index contributed by atoms with van der Waals surface area (Å²) in [5.41, 5.74) is 4.50. The van der Waals surface area contributed by atoms with E-state index in [4.69, 9.17) is 4.74 Å². The van der Waals surface area contributed by atoms with Gasteiger partial charge in [-0.3, -0.25) is 9.54 Å². The van der Waals surface area contributed by atoms with E-state index in [1.807, 2.05) is 32.0 Å². The van der Waals surface area contributed by atoms with E-state index in [1.165, 1.54) is 12.1 Å². The number of benzene rings is 3. The van der Waals surface area contributed by atoms with Crippen LogP contribution >= 0.6 is 0 Å². The number of halogens is 3. The van der Waals surface area contributed by atoms with Gasteiger partial charge in [0.2, 0.25) is 0 Å². The predicted molar refractivity (Wildman–Crippen MR) is 134 cm³/mol. The Hall–Kier alpha value is -3.63. The Labute approximate surface area is 212 Å². The Morgan fingerprint density at radius 2 is 1.59 bits per heavy atom. The second-order valence-electron chi connectivity index (χ2n) is 8.59. The third-order valence-electron chi connectivity index (χ3n) is 6.15. The lowest BCUT2D eigenvalue weighted by molar-refractivity contribution is -0.274. The van der Waals surface area contributed by atoms with Crippen molar-refractivity contribution in [3.63, 3.8) is 0 Å². The van der Waals surface area contributed by atoms with Crippen LogP contribution in [0.25, 0.3) is 22.0 Å². The zero-order chi connectivity index (χ0) is 27.1. The molecule has 0 aliphatic heterocycles. The van der Waals surface area contributed by atoms with Crippen molar-refractivity contribution in [3.8, 4) is 28.4 Å². The first-order valence-electron chi connectivity index (χ1n) is 11.3. The molecule has 0 atom stereocenters. The van der Waals surface area contributed by atoms with Gasteiger partial charge in [-0.1, -0.05) is 19.1 Å². The second kappa shape index (κ2) is 9.68. The minimum Gasteiger partial charge on any atom is -0.455 e. The monoisotopic (exact) mass is 531 g/mol. The van der Waals surface area contributed by atoms with E-state index in [0.717, 1.165) is 28.6 Å². The maximum absolute atomic E-state index is 12.7. The summed E-state index contributed by atoms with van der Waals surface area (Å²) in [6.45, 7) is 7.28. The average Bonchev–Trinajstić information content (AvgIpc) is 2.80. The van der Waals surface area contributed by atoms with E-state index in [-0.39, 0.29) is 22.8 Å². The maximum Gasteiger partial charge on any atom is 0.573 e. The van der Waals surface area contributed by atoms with Crippen LogP contribution in [-0.2, 0) is 16.5 Å². The lowest BCUT2D eigenvalue weighted by Gasteiger charge is -2.23. The van der Waals surface area contributed by atoms with Crippen molar-refractivity contribution in [2.45, 2.75) is 45.4 Å². The molecule has 1 N–H and O–H groups in total. The highest BCUT2D eigenvalue weighted by atomic mass is 32.2. The normalized spacial score (nSPS) is 12.1. The molecule has 37 heavy (non-hydrogen) atoms. The number of hydrogen-bond donors (Lipinski definition) is 1. The molecular weight excluding hydrogens is 507 g/mol. The lowest BCUT2D eigenvalue weighted by atomic mass is 9.90. The van der Waals surface area contributed by atoms with Crippen molar-refractivity contribution in [3.05, 3.63) is 77.0 Å². The van der Waals surface area contributed by atoms with Gasteiger partial charge in [-0.25, -0.2) is 0 Å². The molecule has 1 aromatic heterocycles. The smallest absolute Gasteiger partial charge is 0.455 e. The molecule has 0 bridgehead atoms. The summed E-state index contributed by atoms with van der Waals surface area (Å²) in [7, 11) is -4.77. The summed E-state index contributed by atoms with van der Waals surface area (Å²) in [5.74, 6) is -0.528. The van der Waals surface area contributed by atoms with Gasteiger partial charge in [-0.05, 0) is 91.4 Å². The van der Waals surface area contributed by atoms with E-state index in [1.54, 1.807) is 26.1 Å². The predicted octanol–water partition coefficient (Wildman–Crippen LogP) is 7.33. The number of alkyl halides is 3. The molecule has 10 heteroatoms. The van der Waals surface area contributed by atoms with Crippen molar-refractivity contribution in [1.29, 1.82) is 0 Å². The van der Waals surface area contributed by atoms with Gasteiger partial charge in [-0.2, -0.15) is 8.42 Å². The SMILES string of the molecule is CCc1c(C)c(C)c(-c2ccnc3cc(C)ccc23)c(Oc2ccc(OC(F)(F)F)cc2)c1S(=O)(=O)O. The van der Waals surface area contributed by atoms with Gasteiger partial charge in [0.05, 0.1) is 5.52 Å². The van der Waals surface area contributed by atoms with Crippen molar-refractivity contribution >= 4 is 21.0 Å². The first-order valence-corrected chi connectivity index (χ1v) is 12.8. The molecule has 0 fully saturated rings. The average molecular weight is 532 g/mol. The van der Waals surface area contributed by atoms with E-state index in [0.29, 0.717) is 27.8 Å². The number of fused-ring (bicyclic) bond motifs is 1. The van der Waals surface area contributed by atoms with Gasteiger partial charge >= 0.3 is 6.36 Å². The number of pyridine rings is 1. The van der Waals surface area contributed by atoms with Crippen LogP contribution in [0.4, 0.5) is 13.2 Å². The lowest BCUT2D eigenvalue weighted by Crippen LogP contribution is -2.16. The van der Waals surface area contributed by atoms with Crippen molar-refractivity contribution in [2.24, 2.45) is 0 Å². The van der Waals surface area contributed by atoms with E-state index >= 15 is 0 Å². The van der Waals surface area contributed by atoms with Gasteiger partial charge in [0.15, 0.2) is 5.75 Å². The Bertz CT molecular complexity index is 1600. The van der Waals surface area contributed by atoms with Crippen LogP contribution in [0.2, 0.25) is 0 Å². The molecule has 6 nitrogen and oxygen atoms in total. The van der Waals surface area contributed by atoms with Crippen LogP contribution in [-0.4, -0.2) is 24.3 Å². The zero-order valence-corrected chi connectivity index (χ0v) is 21.3. The number of nitrogens with zero attached hydrogens (tertiary/aromatic N) is 1. The molecule has 0 saturated carbocycles. The van der Waals surface area contributed by atoms with Gasteiger partial charge in [0, 0.05) is 17.1 Å². The van der Waals surface area contributed by atoms with E-state index < -0.39 is 22.2 Å². The van der Waals surface area contributed by atoms with Crippen LogP contribution in [0.15, 0.2) is 59.6 Å². The second-order valence-corrected chi connectivity index (χ2v) is 9.95. The van der Waals surface area contributed by atoms with E-state index in [2.05, 4.69) is 9.72 Å².